The minimum absolute atomic E-state index is 0.0986. The van der Waals surface area contributed by atoms with Gasteiger partial charge in [-0.15, -0.1) is 0 Å². The van der Waals surface area contributed by atoms with E-state index >= 15 is 0 Å². The van der Waals surface area contributed by atoms with Gasteiger partial charge in [0.1, 0.15) is 0 Å². The first kappa shape index (κ1) is 17.0. The van der Waals surface area contributed by atoms with E-state index in [0.29, 0.717) is 18.7 Å². The highest BCUT2D eigenvalue weighted by Gasteiger charge is 2.06. The summed E-state index contributed by atoms with van der Waals surface area (Å²) in [5.74, 6) is -0.0986. The second-order valence-electron chi connectivity index (χ2n) is 5.86. The number of anilines is 1. The van der Waals surface area contributed by atoms with E-state index in [0.717, 1.165) is 12.2 Å². The van der Waals surface area contributed by atoms with Crippen molar-refractivity contribution >= 4 is 11.6 Å². The minimum atomic E-state index is -0.0986. The maximum absolute atomic E-state index is 12.1. The highest BCUT2D eigenvalue weighted by atomic mass is 16.1. The molecule has 1 aromatic heterocycles. The molecule has 0 saturated carbocycles. The zero-order chi connectivity index (χ0) is 16.7. The molecule has 5 nitrogen and oxygen atoms in total. The number of hydrogen-bond donors (Lipinski definition) is 2. The number of amides is 1. The average Bonchev–Trinajstić information content (AvgIpc) is 2.53. The smallest absolute Gasteiger partial charge is 0.252 e. The number of hydrogen-bond acceptors (Lipinski definition) is 4. The molecule has 5 heteroatoms. The highest BCUT2D eigenvalue weighted by molar-refractivity contribution is 5.94. The first-order chi connectivity index (χ1) is 11.0. The summed E-state index contributed by atoms with van der Waals surface area (Å²) in [6.07, 6.45) is 3.31. The van der Waals surface area contributed by atoms with Crippen LogP contribution in [0.1, 0.15) is 21.5 Å². The predicted molar refractivity (Wildman–Crippen MR) is 93.6 cm³/mol. The summed E-state index contributed by atoms with van der Waals surface area (Å²) in [5.41, 5.74) is 3.84. The van der Waals surface area contributed by atoms with E-state index in [-0.39, 0.29) is 5.91 Å². The van der Waals surface area contributed by atoms with Gasteiger partial charge in [0.05, 0.1) is 11.3 Å². The van der Waals surface area contributed by atoms with Crippen LogP contribution in [-0.2, 0) is 6.54 Å². The molecule has 2 N–H and O–H groups in total. The summed E-state index contributed by atoms with van der Waals surface area (Å²) in [4.78, 5) is 18.3. The Labute approximate surface area is 137 Å². The van der Waals surface area contributed by atoms with Crippen molar-refractivity contribution in [2.75, 3.05) is 32.5 Å². The molecular weight excluding hydrogens is 288 g/mol. The van der Waals surface area contributed by atoms with Crippen LogP contribution >= 0.6 is 0 Å². The lowest BCUT2D eigenvalue weighted by molar-refractivity contribution is 0.0950. The Kier molecular flexibility index (Phi) is 6.11. The minimum Gasteiger partial charge on any atom is -0.380 e. The lowest BCUT2D eigenvalue weighted by Crippen LogP contribution is -2.31. The van der Waals surface area contributed by atoms with E-state index in [1.54, 1.807) is 12.4 Å². The van der Waals surface area contributed by atoms with Crippen LogP contribution in [0.15, 0.2) is 42.7 Å². The van der Waals surface area contributed by atoms with E-state index < -0.39 is 0 Å². The molecule has 2 rings (SSSR count). The standard InChI is InChI=1S/C18H24N4O/c1-14-5-4-6-15(9-14)11-21-17-10-16(12-19-13-17)18(23)20-7-8-22(2)3/h4-6,9-10,12-13,21H,7-8,11H2,1-3H3,(H,20,23). The fourth-order valence-electron chi connectivity index (χ4n) is 2.18. The Morgan fingerprint density at radius 1 is 1.22 bits per heavy atom. The molecule has 0 fully saturated rings. The maximum Gasteiger partial charge on any atom is 0.252 e. The fraction of sp³-hybridized carbons (Fsp3) is 0.333. The Hall–Kier alpha value is -2.40. The van der Waals surface area contributed by atoms with Crippen LogP contribution < -0.4 is 10.6 Å². The van der Waals surface area contributed by atoms with E-state index in [1.807, 2.05) is 31.1 Å². The SMILES string of the molecule is Cc1cccc(CNc2cncc(C(=O)NCCN(C)C)c2)c1. The number of carbonyl (C=O) groups excluding carboxylic acids is 1. The van der Waals surface area contributed by atoms with Crippen LogP contribution in [0.3, 0.4) is 0 Å². The van der Waals surface area contributed by atoms with Crippen LogP contribution in [0.4, 0.5) is 5.69 Å². The van der Waals surface area contributed by atoms with Crippen LogP contribution in [0.25, 0.3) is 0 Å². The summed E-state index contributed by atoms with van der Waals surface area (Å²) < 4.78 is 0. The molecule has 23 heavy (non-hydrogen) atoms. The number of aromatic nitrogens is 1. The van der Waals surface area contributed by atoms with Gasteiger partial charge >= 0.3 is 0 Å². The summed E-state index contributed by atoms with van der Waals surface area (Å²) in [5, 5.41) is 6.20. The Bertz CT molecular complexity index is 655. The van der Waals surface area contributed by atoms with Gasteiger partial charge in [-0.1, -0.05) is 29.8 Å². The van der Waals surface area contributed by atoms with Gasteiger partial charge in [0, 0.05) is 32.0 Å². The van der Waals surface area contributed by atoms with E-state index in [9.17, 15) is 4.79 Å². The number of likely N-dealkylation sites (N-methyl/N-ethyl adjacent to an activating group) is 1. The molecule has 0 atom stereocenters. The van der Waals surface area contributed by atoms with E-state index in [4.69, 9.17) is 0 Å². The lowest BCUT2D eigenvalue weighted by Gasteiger charge is -2.11. The van der Waals surface area contributed by atoms with Gasteiger partial charge in [-0.2, -0.15) is 0 Å². The summed E-state index contributed by atoms with van der Waals surface area (Å²) >= 11 is 0. The average molecular weight is 312 g/mol. The molecule has 1 amide bonds. The zero-order valence-corrected chi connectivity index (χ0v) is 14.0. The van der Waals surface area contributed by atoms with Crippen molar-refractivity contribution in [3.63, 3.8) is 0 Å². The molecule has 1 heterocycles. The number of rotatable bonds is 7. The van der Waals surface area contributed by atoms with Crippen LogP contribution in [0.2, 0.25) is 0 Å². The van der Waals surface area contributed by atoms with Crippen LogP contribution in [-0.4, -0.2) is 43.0 Å². The van der Waals surface area contributed by atoms with Gasteiger partial charge < -0.3 is 15.5 Å². The monoisotopic (exact) mass is 312 g/mol. The third-order valence-electron chi connectivity index (χ3n) is 3.42. The van der Waals surface area contributed by atoms with Crippen molar-refractivity contribution in [2.24, 2.45) is 0 Å². The Morgan fingerprint density at radius 3 is 2.78 bits per heavy atom. The van der Waals surface area contributed by atoms with Crippen molar-refractivity contribution < 1.29 is 4.79 Å². The summed E-state index contributed by atoms with van der Waals surface area (Å²) in [7, 11) is 3.95. The van der Waals surface area contributed by atoms with Gasteiger partial charge in [-0.3, -0.25) is 9.78 Å². The van der Waals surface area contributed by atoms with Gasteiger partial charge in [0.15, 0.2) is 0 Å². The zero-order valence-electron chi connectivity index (χ0n) is 14.0. The topological polar surface area (TPSA) is 57.3 Å². The molecule has 0 radical (unpaired) electrons. The maximum atomic E-state index is 12.1. The van der Waals surface area contributed by atoms with Crippen LogP contribution in [0, 0.1) is 6.92 Å². The lowest BCUT2D eigenvalue weighted by atomic mass is 10.1. The van der Waals surface area contributed by atoms with E-state index in [2.05, 4.69) is 40.7 Å². The number of pyridine rings is 1. The molecule has 1 aromatic carbocycles. The van der Waals surface area contributed by atoms with Gasteiger partial charge in [0.2, 0.25) is 0 Å². The number of aryl methyl sites for hydroxylation is 1. The molecule has 122 valence electrons. The quantitative estimate of drug-likeness (QED) is 0.823. The third-order valence-corrected chi connectivity index (χ3v) is 3.42. The summed E-state index contributed by atoms with van der Waals surface area (Å²) in [6.45, 7) is 4.20. The normalized spacial score (nSPS) is 10.6. The van der Waals surface area contributed by atoms with Crippen molar-refractivity contribution in [2.45, 2.75) is 13.5 Å². The van der Waals surface area contributed by atoms with Gasteiger partial charge in [0.25, 0.3) is 5.91 Å². The first-order valence-corrected chi connectivity index (χ1v) is 7.72. The largest absolute Gasteiger partial charge is 0.380 e. The second-order valence-corrected chi connectivity index (χ2v) is 5.86. The molecule has 0 spiro atoms. The second kappa shape index (κ2) is 8.29. The van der Waals surface area contributed by atoms with Crippen molar-refractivity contribution in [3.05, 3.63) is 59.4 Å². The van der Waals surface area contributed by atoms with Crippen LogP contribution in [0.5, 0.6) is 0 Å². The Morgan fingerprint density at radius 2 is 2.04 bits per heavy atom. The number of benzene rings is 1. The highest BCUT2D eigenvalue weighted by Crippen LogP contribution is 2.11. The number of carbonyl (C=O) groups is 1. The molecular formula is C18H24N4O. The molecule has 0 unspecified atom stereocenters. The number of nitrogens with zero attached hydrogens (tertiary/aromatic N) is 2. The molecule has 0 bridgehead atoms. The van der Waals surface area contributed by atoms with E-state index in [1.165, 1.54) is 11.1 Å². The predicted octanol–water partition coefficient (Wildman–Crippen LogP) is 2.29. The molecule has 0 aliphatic rings. The molecule has 0 aliphatic carbocycles. The Balaban J connectivity index is 1.92. The molecule has 0 saturated heterocycles. The fourth-order valence-corrected chi connectivity index (χ4v) is 2.18. The van der Waals surface area contributed by atoms with Gasteiger partial charge in [-0.05, 0) is 32.6 Å². The summed E-state index contributed by atoms with van der Waals surface area (Å²) in [6, 6.07) is 10.2. The van der Waals surface area contributed by atoms with Crippen molar-refractivity contribution in [1.82, 2.24) is 15.2 Å². The molecule has 0 aliphatic heterocycles. The van der Waals surface area contributed by atoms with Gasteiger partial charge in [-0.25, -0.2) is 0 Å². The van der Waals surface area contributed by atoms with Crippen molar-refractivity contribution in [1.29, 1.82) is 0 Å². The first-order valence-electron chi connectivity index (χ1n) is 7.72. The molecule has 2 aromatic rings. The number of nitrogens with one attached hydrogen (secondary N) is 2. The van der Waals surface area contributed by atoms with Crippen molar-refractivity contribution in [3.8, 4) is 0 Å². The third kappa shape index (κ3) is 5.71.